The van der Waals surface area contributed by atoms with Crippen LogP contribution in [0.25, 0.3) is 77.9 Å². The Morgan fingerprint density at radius 3 is 0.957 bits per heavy atom. The number of aromatic hydroxyl groups is 4. The van der Waals surface area contributed by atoms with Crippen molar-refractivity contribution in [2.45, 2.75) is 93.3 Å². The number of rotatable bonds is 14. The van der Waals surface area contributed by atoms with E-state index in [1.54, 1.807) is 60.7 Å². The molecule has 0 radical (unpaired) electrons. The Labute approximate surface area is 671 Å². The minimum atomic E-state index is -1.79. The highest BCUT2D eigenvalue weighted by atomic mass is 16.3. The van der Waals surface area contributed by atoms with E-state index in [0.717, 1.165) is 60.8 Å². The fourth-order valence-corrected chi connectivity index (χ4v) is 23.0. The number of carbonyl (C=O) groups is 2. The molecule has 0 saturated heterocycles. The number of hydrogen-bond donors (Lipinski definition) is 6. The quantitative estimate of drug-likeness (QED) is 0.0600. The van der Waals surface area contributed by atoms with Gasteiger partial charge in [-0.15, -0.1) is 38.5 Å². The van der Waals surface area contributed by atoms with Crippen molar-refractivity contribution >= 4 is 23.2 Å². The van der Waals surface area contributed by atoms with E-state index in [1.807, 2.05) is 121 Å². The van der Waals surface area contributed by atoms with Gasteiger partial charge in [0.05, 0.1) is 27.9 Å². The van der Waals surface area contributed by atoms with Crippen molar-refractivity contribution in [1.82, 2.24) is 0 Å². The highest BCUT2D eigenvalue weighted by Crippen LogP contribution is 2.68. The first-order valence-electron chi connectivity index (χ1n) is 39.8. The molecule has 12 aromatic carbocycles. The Balaban J connectivity index is 1.06. The molecular formula is C107H80N2O6. The van der Waals surface area contributed by atoms with Gasteiger partial charge in [-0.05, 0) is 262 Å². The van der Waals surface area contributed by atoms with Gasteiger partial charge >= 0.3 is 0 Å². The number of nitrogens with one attached hydrogen (secondary N) is 2. The van der Waals surface area contributed by atoms with Gasteiger partial charge in [0.1, 0.15) is 23.0 Å². The highest BCUT2D eigenvalue weighted by molar-refractivity contribution is 6.13. The van der Waals surface area contributed by atoms with Gasteiger partial charge in [0.25, 0.3) is 11.8 Å². The van der Waals surface area contributed by atoms with E-state index in [9.17, 15) is 20.4 Å². The molecule has 554 valence electrons. The van der Waals surface area contributed by atoms with Gasteiger partial charge in [0.15, 0.2) is 0 Å². The van der Waals surface area contributed by atoms with Crippen LogP contribution in [0.3, 0.4) is 0 Å². The molecular weight excluding hydrogens is 1410 g/mol. The van der Waals surface area contributed by atoms with Gasteiger partial charge in [0, 0.05) is 66.8 Å². The average molecular weight is 1490 g/mol. The first-order valence-corrected chi connectivity index (χ1v) is 39.8. The highest BCUT2D eigenvalue weighted by Gasteiger charge is 2.57. The van der Waals surface area contributed by atoms with E-state index in [0.29, 0.717) is 102 Å². The molecule has 0 heterocycles. The summed E-state index contributed by atoms with van der Waals surface area (Å²) in [5.41, 5.74) is 10.3. The Morgan fingerprint density at radius 2 is 0.635 bits per heavy atom. The summed E-state index contributed by atoms with van der Waals surface area (Å²) in [6, 6.07) is 73.2. The number of benzene rings is 12. The molecule has 21 rings (SSSR count). The summed E-state index contributed by atoms with van der Waals surface area (Å²) >= 11 is 0. The lowest BCUT2D eigenvalue weighted by atomic mass is 9.47. The zero-order valence-corrected chi connectivity index (χ0v) is 63.5. The second kappa shape index (κ2) is 27.8. The van der Waals surface area contributed by atoms with Gasteiger partial charge in [0.2, 0.25) is 0 Å². The number of hydrogen-bond acceptors (Lipinski definition) is 6. The number of carbonyl (C=O) groups excluding carboxylic acids is 2. The monoisotopic (exact) mass is 1490 g/mol. The molecule has 0 unspecified atom stereocenters. The van der Waals surface area contributed by atoms with Crippen molar-refractivity contribution in [3.63, 3.8) is 0 Å². The number of amides is 2. The van der Waals surface area contributed by atoms with Crippen LogP contribution in [0, 0.1) is 110 Å². The van der Waals surface area contributed by atoms with E-state index >= 15 is 9.59 Å². The maximum Gasteiger partial charge on any atom is 0.255 e. The van der Waals surface area contributed by atoms with Crippen molar-refractivity contribution in [1.29, 1.82) is 0 Å². The molecule has 2 amide bonds. The predicted octanol–water partition coefficient (Wildman–Crippen LogP) is 22.2. The third-order valence-corrected chi connectivity index (χ3v) is 26.9. The molecule has 8 heteroatoms. The first-order chi connectivity index (χ1) is 56.1. The second-order valence-electron chi connectivity index (χ2n) is 33.3. The summed E-state index contributed by atoms with van der Waals surface area (Å²) in [5.74, 6) is 18.1. The van der Waals surface area contributed by atoms with Crippen LogP contribution in [0.4, 0.5) is 11.4 Å². The molecule has 8 saturated carbocycles. The maximum absolute atomic E-state index is 15.8. The Hall–Kier alpha value is -13.9. The van der Waals surface area contributed by atoms with Crippen LogP contribution < -0.4 is 10.6 Å². The molecule has 0 aliphatic heterocycles. The predicted molar refractivity (Wildman–Crippen MR) is 459 cm³/mol. The van der Waals surface area contributed by atoms with Gasteiger partial charge in [-0.2, -0.15) is 0 Å². The molecule has 8 nitrogen and oxygen atoms in total. The fraction of sp³-hybridized carbons (Fsp3) is 0.196. The smallest absolute Gasteiger partial charge is 0.255 e. The molecule has 115 heavy (non-hydrogen) atoms. The summed E-state index contributed by atoms with van der Waals surface area (Å²) in [6.07, 6.45) is 53.6. The molecule has 6 N–H and O–H groups in total. The molecule has 0 spiro atoms. The van der Waals surface area contributed by atoms with E-state index in [1.165, 1.54) is 49.7 Å². The topological polar surface area (TPSA) is 139 Å². The number of phenols is 4. The van der Waals surface area contributed by atoms with Crippen LogP contribution in [0.1, 0.15) is 165 Å². The van der Waals surface area contributed by atoms with Crippen molar-refractivity contribution in [2.75, 3.05) is 10.6 Å². The van der Waals surface area contributed by atoms with Crippen molar-refractivity contribution in [3.05, 3.63) is 308 Å². The van der Waals surface area contributed by atoms with Crippen molar-refractivity contribution < 1.29 is 30.0 Å². The zero-order valence-electron chi connectivity index (χ0n) is 63.5. The van der Waals surface area contributed by atoms with Crippen LogP contribution in [-0.4, -0.2) is 32.2 Å². The Bertz CT molecular complexity index is 5940. The number of terminal acetylenes is 6. The lowest BCUT2D eigenvalue weighted by molar-refractivity contribution is -0.00530. The third-order valence-electron chi connectivity index (χ3n) is 26.9. The lowest BCUT2D eigenvalue weighted by Crippen LogP contribution is -2.48. The Kier molecular flexibility index (Phi) is 17.3. The standard InChI is InChI=1S/C107H80N2O6/c1-7-63-27-25-37-75(49-63)103(114)108-99-81(11-5)101(112)95(73-33-21-15-22-34-73)79(9-3)97(99)87-55-93(110)85(71-29-17-13-18-30-71)53-91(87)107(89-51-77(105-57-65-43-66(58-105)45-67(44-65)59-105)39-41-83(89)84-42-40-78(52-90(84)107)106-60-68-46-69(61-106)48-70(47-68)62-106)92-54-86(72-31-19-14-20-32-72)94(111)56-88(92)98-80(10-4)96(74-35-23-16-24-36-74)102(113)82(12-6)100(98)109-104(115)76-38-26-28-64(8-2)50-76/h1-6,13-42,49-56,65-70,110-113H,43-48,57-62H2,(H,108,114)(H,109,115). The van der Waals surface area contributed by atoms with E-state index in [4.69, 9.17) is 38.5 Å². The molecule has 0 atom stereocenters. The molecule has 12 aromatic rings. The molecule has 8 fully saturated rings. The van der Waals surface area contributed by atoms with Crippen LogP contribution >= 0.6 is 0 Å². The third kappa shape index (κ3) is 11.5. The number of fused-ring (bicyclic) bond motifs is 3. The second-order valence-corrected chi connectivity index (χ2v) is 33.3. The molecule has 9 aliphatic carbocycles. The van der Waals surface area contributed by atoms with Crippen LogP contribution in [0.2, 0.25) is 0 Å². The lowest BCUT2D eigenvalue weighted by Gasteiger charge is -2.57. The van der Waals surface area contributed by atoms with E-state index in [2.05, 4.69) is 94.7 Å². The minimum Gasteiger partial charge on any atom is -0.507 e. The summed E-state index contributed by atoms with van der Waals surface area (Å²) in [6.45, 7) is 0. The van der Waals surface area contributed by atoms with E-state index < -0.39 is 17.2 Å². The van der Waals surface area contributed by atoms with Gasteiger partial charge in [-0.25, -0.2) is 0 Å². The minimum absolute atomic E-state index is 0.0378. The van der Waals surface area contributed by atoms with Crippen molar-refractivity contribution in [2.24, 2.45) is 35.5 Å². The fourth-order valence-electron chi connectivity index (χ4n) is 23.0. The largest absolute Gasteiger partial charge is 0.507 e. The average Bonchev–Trinajstić information content (AvgIpc) is 1.65. The Morgan fingerprint density at radius 1 is 0.313 bits per heavy atom. The zero-order chi connectivity index (χ0) is 78.8. The number of phenolic OH excluding ortho intramolecular Hbond substituents is 4. The molecule has 8 bridgehead atoms. The first kappa shape index (κ1) is 71.5. The maximum atomic E-state index is 15.8. The molecule has 0 aromatic heterocycles. The summed E-state index contributed by atoms with van der Waals surface area (Å²) < 4.78 is 0. The van der Waals surface area contributed by atoms with Gasteiger partial charge in [-0.3, -0.25) is 9.59 Å². The van der Waals surface area contributed by atoms with Gasteiger partial charge in [-0.1, -0.05) is 205 Å². The summed E-state index contributed by atoms with van der Waals surface area (Å²) in [4.78, 5) is 31.6. The molecule has 9 aliphatic rings. The summed E-state index contributed by atoms with van der Waals surface area (Å²) in [7, 11) is 0. The van der Waals surface area contributed by atoms with Crippen LogP contribution in [0.15, 0.2) is 231 Å². The van der Waals surface area contributed by atoms with Crippen LogP contribution in [-0.2, 0) is 16.2 Å². The normalized spacial score (nSPS) is 21.1. The van der Waals surface area contributed by atoms with E-state index in [-0.39, 0.29) is 101 Å². The SMILES string of the molecule is C#Cc1cccc(C(=O)Nc2c(C#C)c(O)c(-c3ccccc3)c(C#C)c2-c2cc(O)c(-c3ccccc3)cc2C2(c3cc(-c4ccccc4)c(O)cc3-c3c(C#C)c(-c4ccccc4)c(O)c(C#C)c3NC(=O)c3cccc(C#C)c3)c3cc(C45CC6CC(CC(C6)C4)C5)ccc3-c3ccc(C45CC6CC(CC(C6)C4)C5)cc32)c1. The van der Waals surface area contributed by atoms with Crippen LogP contribution in [0.5, 0.6) is 23.0 Å². The van der Waals surface area contributed by atoms with Crippen molar-refractivity contribution in [3.8, 4) is 175 Å². The number of anilines is 2. The summed E-state index contributed by atoms with van der Waals surface area (Å²) in [5, 5.41) is 60.9. The van der Waals surface area contributed by atoms with Gasteiger partial charge < -0.3 is 31.1 Å².